The molecule has 1 aromatic rings. The van der Waals surface area contributed by atoms with Gasteiger partial charge in [0, 0.05) is 20.0 Å². The van der Waals surface area contributed by atoms with Gasteiger partial charge in [-0.1, -0.05) is 41.9 Å². The smallest absolute Gasteiger partial charge is 0.177 e. The molecule has 0 bridgehead atoms. The van der Waals surface area contributed by atoms with Crippen molar-refractivity contribution in [2.45, 2.75) is 51.7 Å². The zero-order chi connectivity index (χ0) is 14.9. The van der Waals surface area contributed by atoms with Crippen molar-refractivity contribution in [3.8, 4) is 0 Å². The van der Waals surface area contributed by atoms with E-state index in [1.54, 1.807) is 0 Å². The molecule has 1 aromatic carbocycles. The fourth-order valence-corrected chi connectivity index (χ4v) is 2.31. The first-order valence-electron chi connectivity index (χ1n) is 7.61. The number of Topliss-reactive ketones (excluding diaryl/α,β-unsaturated/α-hetero) is 1. The molecule has 0 amide bonds. The molecule has 1 atom stereocenters. The van der Waals surface area contributed by atoms with E-state index in [9.17, 15) is 4.79 Å². The third-order valence-electron chi connectivity index (χ3n) is 3.57. The number of hydrogen-bond donors (Lipinski definition) is 0. The van der Waals surface area contributed by atoms with Crippen LogP contribution in [0.1, 0.15) is 44.6 Å². The first kappa shape index (κ1) is 15.7. The van der Waals surface area contributed by atoms with Gasteiger partial charge in [0.25, 0.3) is 0 Å². The maximum atomic E-state index is 11.1. The largest absolute Gasteiger partial charge is 0.392 e. The summed E-state index contributed by atoms with van der Waals surface area (Å²) >= 11 is 0. The summed E-state index contributed by atoms with van der Waals surface area (Å²) in [6, 6.07) is 10.2. The van der Waals surface area contributed by atoms with Gasteiger partial charge >= 0.3 is 0 Å². The molecule has 1 heterocycles. The van der Waals surface area contributed by atoms with Gasteiger partial charge in [-0.25, -0.2) is 0 Å². The number of carbonyl (C=O) groups is 1. The number of benzene rings is 1. The Morgan fingerprint density at radius 2 is 2.10 bits per heavy atom. The maximum Gasteiger partial charge on any atom is 0.177 e. The Morgan fingerprint density at radius 3 is 2.81 bits per heavy atom. The van der Waals surface area contributed by atoms with E-state index in [0.29, 0.717) is 18.7 Å². The zero-order valence-electron chi connectivity index (χ0n) is 12.6. The molecule has 0 fully saturated rings. The molecule has 1 unspecified atom stereocenters. The van der Waals surface area contributed by atoms with Crippen molar-refractivity contribution in [1.82, 2.24) is 0 Å². The van der Waals surface area contributed by atoms with Crippen molar-refractivity contribution in [2.75, 3.05) is 6.61 Å². The molecule has 4 nitrogen and oxygen atoms in total. The molecule has 0 spiro atoms. The minimum Gasteiger partial charge on any atom is -0.392 e. The molecule has 0 saturated carbocycles. The van der Waals surface area contributed by atoms with E-state index in [4.69, 9.17) is 9.57 Å². The zero-order valence-corrected chi connectivity index (χ0v) is 12.6. The van der Waals surface area contributed by atoms with Crippen LogP contribution in [0.15, 0.2) is 35.5 Å². The first-order chi connectivity index (χ1) is 10.3. The monoisotopic (exact) mass is 289 g/mol. The second-order valence-electron chi connectivity index (χ2n) is 5.41. The lowest BCUT2D eigenvalue weighted by molar-refractivity contribution is -0.111. The minimum absolute atomic E-state index is 0.0202. The van der Waals surface area contributed by atoms with E-state index in [1.807, 2.05) is 18.2 Å². The average Bonchev–Trinajstić information content (AvgIpc) is 2.96. The van der Waals surface area contributed by atoms with Gasteiger partial charge in [-0.3, -0.25) is 4.79 Å². The van der Waals surface area contributed by atoms with E-state index >= 15 is 0 Å². The Bertz CT molecular complexity index is 470. The van der Waals surface area contributed by atoms with Gasteiger partial charge in [-0.15, -0.1) is 0 Å². The Morgan fingerprint density at radius 1 is 1.29 bits per heavy atom. The molecule has 1 aliphatic heterocycles. The van der Waals surface area contributed by atoms with E-state index in [0.717, 1.165) is 32.3 Å². The predicted molar refractivity (Wildman–Crippen MR) is 82.2 cm³/mol. The van der Waals surface area contributed by atoms with Crippen molar-refractivity contribution >= 4 is 11.5 Å². The summed E-state index contributed by atoms with van der Waals surface area (Å²) in [4.78, 5) is 16.4. The number of oxime groups is 1. The third-order valence-corrected chi connectivity index (χ3v) is 3.57. The summed E-state index contributed by atoms with van der Waals surface area (Å²) in [5.74, 6) is 0.0202. The fraction of sp³-hybridized carbons (Fsp3) is 0.529. The molecule has 21 heavy (non-hydrogen) atoms. The lowest BCUT2D eigenvalue weighted by atomic mass is 10.0. The van der Waals surface area contributed by atoms with Gasteiger partial charge in [0.15, 0.2) is 5.78 Å². The number of unbranched alkanes of at least 4 members (excludes halogenated alkanes) is 2. The summed E-state index contributed by atoms with van der Waals surface area (Å²) in [7, 11) is 0. The van der Waals surface area contributed by atoms with Crippen LogP contribution in [0.5, 0.6) is 0 Å². The van der Waals surface area contributed by atoms with Crippen molar-refractivity contribution in [1.29, 1.82) is 0 Å². The van der Waals surface area contributed by atoms with Crippen LogP contribution in [-0.2, 0) is 21.0 Å². The maximum absolute atomic E-state index is 11.1. The molecular formula is C17H23NO3. The van der Waals surface area contributed by atoms with Crippen LogP contribution in [0.3, 0.4) is 0 Å². The Kier molecular flexibility index (Phi) is 6.41. The van der Waals surface area contributed by atoms with E-state index < -0.39 is 0 Å². The normalized spacial score (nSPS) is 17.4. The van der Waals surface area contributed by atoms with Gasteiger partial charge in [0.05, 0.1) is 6.61 Å². The molecule has 1 aliphatic rings. The summed E-state index contributed by atoms with van der Waals surface area (Å²) in [5.41, 5.74) is 1.79. The molecule has 0 aliphatic carbocycles. The molecule has 0 aromatic heterocycles. The highest BCUT2D eigenvalue weighted by atomic mass is 16.6. The van der Waals surface area contributed by atoms with Crippen LogP contribution < -0.4 is 0 Å². The number of nitrogens with zero attached hydrogens (tertiary/aromatic N) is 1. The second-order valence-corrected chi connectivity index (χ2v) is 5.41. The highest BCUT2D eigenvalue weighted by Gasteiger charge is 2.22. The van der Waals surface area contributed by atoms with E-state index in [2.05, 4.69) is 17.3 Å². The van der Waals surface area contributed by atoms with Gasteiger partial charge in [0.2, 0.25) is 0 Å². The summed E-state index contributed by atoms with van der Waals surface area (Å²) in [6.45, 7) is 3.01. The number of hydrogen-bond acceptors (Lipinski definition) is 4. The Hall–Kier alpha value is -1.68. The average molecular weight is 289 g/mol. The predicted octanol–water partition coefficient (Wildman–Crippen LogP) is 3.50. The van der Waals surface area contributed by atoms with Gasteiger partial charge in [0.1, 0.15) is 11.8 Å². The highest BCUT2D eigenvalue weighted by Crippen LogP contribution is 2.17. The number of ether oxygens (including phenoxy) is 1. The summed E-state index contributed by atoms with van der Waals surface area (Å²) in [5, 5.41) is 3.82. The van der Waals surface area contributed by atoms with Crippen molar-refractivity contribution < 1.29 is 14.4 Å². The first-order valence-corrected chi connectivity index (χ1v) is 7.61. The second kappa shape index (κ2) is 8.57. The molecular weight excluding hydrogens is 266 g/mol. The van der Waals surface area contributed by atoms with Crippen LogP contribution in [0.2, 0.25) is 0 Å². The van der Waals surface area contributed by atoms with Crippen LogP contribution in [0.25, 0.3) is 0 Å². The highest BCUT2D eigenvalue weighted by molar-refractivity contribution is 6.39. The third kappa shape index (κ3) is 5.68. The van der Waals surface area contributed by atoms with Crippen LogP contribution in [-0.4, -0.2) is 24.2 Å². The molecule has 4 heteroatoms. The number of rotatable bonds is 9. The topological polar surface area (TPSA) is 47.9 Å². The Labute approximate surface area is 126 Å². The van der Waals surface area contributed by atoms with Crippen LogP contribution in [0.4, 0.5) is 0 Å². The molecule has 0 radical (unpaired) electrons. The van der Waals surface area contributed by atoms with Gasteiger partial charge < -0.3 is 9.57 Å². The molecule has 0 saturated heterocycles. The molecule has 2 rings (SSSR count). The quantitative estimate of drug-likeness (QED) is 0.654. The van der Waals surface area contributed by atoms with Gasteiger partial charge in [-0.05, 0) is 24.8 Å². The lowest BCUT2D eigenvalue weighted by Crippen LogP contribution is -2.12. The minimum atomic E-state index is 0.0202. The Balaban J connectivity index is 1.45. The van der Waals surface area contributed by atoms with Gasteiger partial charge in [-0.2, -0.15) is 0 Å². The lowest BCUT2D eigenvalue weighted by Gasteiger charge is -2.08. The standard InChI is InChI=1S/C17H23NO3/c1-14(19)17-12-16(21-18-17)10-6-3-7-11-20-13-15-8-4-2-5-9-15/h2,4-5,8-9,16H,3,6-7,10-13H2,1H3. The molecule has 0 N–H and O–H groups in total. The fourth-order valence-electron chi connectivity index (χ4n) is 2.31. The SMILES string of the molecule is CC(=O)C1=NOC(CCCCCOCc2ccccc2)C1. The van der Waals surface area contributed by atoms with Crippen molar-refractivity contribution in [3.05, 3.63) is 35.9 Å². The van der Waals surface area contributed by atoms with E-state index in [-0.39, 0.29) is 11.9 Å². The number of carbonyl (C=O) groups excluding carboxylic acids is 1. The summed E-state index contributed by atoms with van der Waals surface area (Å²) in [6.07, 6.45) is 4.97. The van der Waals surface area contributed by atoms with Crippen molar-refractivity contribution in [3.63, 3.8) is 0 Å². The van der Waals surface area contributed by atoms with Crippen LogP contribution in [0, 0.1) is 0 Å². The molecule has 114 valence electrons. The van der Waals surface area contributed by atoms with E-state index in [1.165, 1.54) is 12.5 Å². The van der Waals surface area contributed by atoms with Crippen molar-refractivity contribution in [2.24, 2.45) is 5.16 Å². The number of ketones is 1. The summed E-state index contributed by atoms with van der Waals surface area (Å²) < 4.78 is 5.64. The van der Waals surface area contributed by atoms with Crippen LogP contribution >= 0.6 is 0 Å².